The van der Waals surface area contributed by atoms with Crippen molar-refractivity contribution in [2.45, 2.75) is 38.1 Å². The number of hydrogen-bond acceptors (Lipinski definition) is 4. The van der Waals surface area contributed by atoms with Crippen LogP contribution in [0, 0.1) is 11.3 Å². The Bertz CT molecular complexity index is 269. The van der Waals surface area contributed by atoms with Crippen LogP contribution in [0.2, 0.25) is 0 Å². The highest BCUT2D eigenvalue weighted by Gasteiger charge is 2.23. The van der Waals surface area contributed by atoms with Gasteiger partial charge in [-0.25, -0.2) is 0 Å². The average Bonchev–Trinajstić information content (AvgIpc) is 2.82. The van der Waals surface area contributed by atoms with Crippen LogP contribution < -0.4 is 5.32 Å². The first-order chi connectivity index (χ1) is 8.27. The summed E-state index contributed by atoms with van der Waals surface area (Å²) in [6.07, 6.45) is 5.00. The van der Waals surface area contributed by atoms with Crippen LogP contribution >= 0.6 is 0 Å². The summed E-state index contributed by atoms with van der Waals surface area (Å²) in [7, 11) is 0. The van der Waals surface area contributed by atoms with Crippen molar-refractivity contribution in [1.29, 1.82) is 5.26 Å². The van der Waals surface area contributed by atoms with Crippen LogP contribution in [0.4, 0.5) is 0 Å². The Morgan fingerprint density at radius 1 is 1.47 bits per heavy atom. The third kappa shape index (κ3) is 5.16. The second kappa shape index (κ2) is 8.04. The number of aliphatic hydroxyl groups excluding tert-OH is 1. The van der Waals surface area contributed by atoms with E-state index in [0.29, 0.717) is 32.1 Å². The van der Waals surface area contributed by atoms with Crippen molar-refractivity contribution in [3.05, 3.63) is 0 Å². The molecule has 1 amide bonds. The van der Waals surface area contributed by atoms with Crippen molar-refractivity contribution in [3.8, 4) is 6.07 Å². The average molecular weight is 239 g/mol. The molecule has 0 bridgehead atoms. The molecule has 17 heavy (non-hydrogen) atoms. The molecule has 1 fully saturated rings. The smallest absolute Gasteiger partial charge is 0.234 e. The molecular weight excluding hydrogens is 218 g/mol. The van der Waals surface area contributed by atoms with Gasteiger partial charge in [0, 0.05) is 19.1 Å². The van der Waals surface area contributed by atoms with Crippen molar-refractivity contribution in [2.24, 2.45) is 0 Å². The van der Waals surface area contributed by atoms with Gasteiger partial charge in [0.2, 0.25) is 5.91 Å². The second-order valence-corrected chi connectivity index (χ2v) is 4.39. The monoisotopic (exact) mass is 239 g/mol. The van der Waals surface area contributed by atoms with E-state index >= 15 is 0 Å². The molecule has 1 rings (SSSR count). The first-order valence-electron chi connectivity index (χ1n) is 6.26. The first-order valence-corrected chi connectivity index (χ1v) is 6.26. The Morgan fingerprint density at radius 2 is 2.18 bits per heavy atom. The molecule has 1 saturated carbocycles. The Labute approximate surface area is 102 Å². The molecule has 2 N–H and O–H groups in total. The summed E-state index contributed by atoms with van der Waals surface area (Å²) >= 11 is 0. The van der Waals surface area contributed by atoms with E-state index in [4.69, 9.17) is 10.4 Å². The molecule has 0 aromatic rings. The maximum absolute atomic E-state index is 11.6. The second-order valence-electron chi connectivity index (χ2n) is 4.39. The van der Waals surface area contributed by atoms with Gasteiger partial charge in [-0.2, -0.15) is 5.26 Å². The van der Waals surface area contributed by atoms with Gasteiger partial charge in [0.15, 0.2) is 0 Å². The Kier molecular flexibility index (Phi) is 6.60. The van der Waals surface area contributed by atoms with Crippen LogP contribution in [-0.2, 0) is 4.79 Å². The summed E-state index contributed by atoms with van der Waals surface area (Å²) < 4.78 is 0. The van der Waals surface area contributed by atoms with Gasteiger partial charge in [-0.3, -0.25) is 9.69 Å². The van der Waals surface area contributed by atoms with Gasteiger partial charge in [0.25, 0.3) is 0 Å². The highest BCUT2D eigenvalue weighted by Crippen LogP contribution is 2.22. The third-order valence-corrected chi connectivity index (χ3v) is 3.13. The standard InChI is InChI=1S/C12H21N3O2/c13-6-3-7-14-12(17)10-15(8-9-16)11-4-1-2-5-11/h11,16H,1-5,7-10H2,(H,14,17). The molecule has 0 aromatic carbocycles. The Balaban J connectivity index is 2.32. The van der Waals surface area contributed by atoms with E-state index in [1.807, 2.05) is 6.07 Å². The summed E-state index contributed by atoms with van der Waals surface area (Å²) in [6, 6.07) is 2.42. The SMILES string of the molecule is N#CCCNC(=O)CN(CCO)C1CCCC1. The highest BCUT2D eigenvalue weighted by atomic mass is 16.3. The summed E-state index contributed by atoms with van der Waals surface area (Å²) in [5, 5.41) is 20.1. The zero-order valence-corrected chi connectivity index (χ0v) is 10.2. The molecule has 5 nitrogen and oxygen atoms in total. The maximum Gasteiger partial charge on any atom is 0.234 e. The molecule has 0 aromatic heterocycles. The number of nitriles is 1. The largest absolute Gasteiger partial charge is 0.395 e. The van der Waals surface area contributed by atoms with Gasteiger partial charge in [-0.05, 0) is 12.8 Å². The number of carbonyl (C=O) groups excluding carboxylic acids is 1. The molecule has 0 atom stereocenters. The van der Waals surface area contributed by atoms with Crippen molar-refractivity contribution in [2.75, 3.05) is 26.2 Å². The fourth-order valence-electron chi connectivity index (χ4n) is 2.29. The quantitative estimate of drug-likeness (QED) is 0.625. The van der Waals surface area contributed by atoms with E-state index in [2.05, 4.69) is 10.2 Å². The van der Waals surface area contributed by atoms with E-state index in [-0.39, 0.29) is 12.5 Å². The van der Waals surface area contributed by atoms with E-state index in [1.54, 1.807) is 0 Å². The summed E-state index contributed by atoms with van der Waals surface area (Å²) in [6.45, 7) is 1.38. The van der Waals surface area contributed by atoms with Crippen molar-refractivity contribution in [1.82, 2.24) is 10.2 Å². The van der Waals surface area contributed by atoms with E-state index in [1.165, 1.54) is 12.8 Å². The minimum absolute atomic E-state index is 0.0550. The van der Waals surface area contributed by atoms with Gasteiger partial charge in [0.1, 0.15) is 0 Å². The number of aliphatic hydroxyl groups is 1. The number of hydrogen-bond donors (Lipinski definition) is 2. The van der Waals surface area contributed by atoms with Gasteiger partial charge in [-0.1, -0.05) is 12.8 Å². The molecule has 0 aliphatic heterocycles. The molecule has 1 aliphatic rings. The van der Waals surface area contributed by atoms with Crippen LogP contribution in [0.15, 0.2) is 0 Å². The van der Waals surface area contributed by atoms with Crippen LogP contribution in [-0.4, -0.2) is 48.2 Å². The highest BCUT2D eigenvalue weighted by molar-refractivity contribution is 5.78. The normalized spacial score (nSPS) is 16.1. The first kappa shape index (κ1) is 13.9. The van der Waals surface area contributed by atoms with Crippen molar-refractivity contribution >= 4 is 5.91 Å². The van der Waals surface area contributed by atoms with Gasteiger partial charge in [-0.15, -0.1) is 0 Å². The predicted molar refractivity (Wildman–Crippen MR) is 64.2 cm³/mol. The molecule has 1 aliphatic carbocycles. The Morgan fingerprint density at radius 3 is 2.76 bits per heavy atom. The number of amides is 1. The minimum Gasteiger partial charge on any atom is -0.395 e. The lowest BCUT2D eigenvalue weighted by atomic mass is 10.2. The predicted octanol–water partition coefficient (Wildman–Crippen LogP) is 0.253. The van der Waals surface area contributed by atoms with Gasteiger partial charge >= 0.3 is 0 Å². The third-order valence-electron chi connectivity index (χ3n) is 3.13. The number of nitrogens with zero attached hydrogens (tertiary/aromatic N) is 2. The molecule has 0 saturated heterocycles. The molecule has 0 spiro atoms. The molecule has 5 heteroatoms. The van der Waals surface area contributed by atoms with Crippen molar-refractivity contribution < 1.29 is 9.90 Å². The lowest BCUT2D eigenvalue weighted by Crippen LogP contribution is -2.43. The zero-order chi connectivity index (χ0) is 12.5. The fourth-order valence-corrected chi connectivity index (χ4v) is 2.29. The molecular formula is C12H21N3O2. The van der Waals surface area contributed by atoms with Crippen LogP contribution in [0.1, 0.15) is 32.1 Å². The number of carbonyl (C=O) groups is 1. The zero-order valence-electron chi connectivity index (χ0n) is 10.2. The molecule has 0 radical (unpaired) electrons. The van der Waals surface area contributed by atoms with E-state index in [0.717, 1.165) is 12.8 Å². The lowest BCUT2D eigenvalue weighted by molar-refractivity contribution is -0.122. The maximum atomic E-state index is 11.6. The van der Waals surface area contributed by atoms with Gasteiger partial charge < -0.3 is 10.4 Å². The van der Waals surface area contributed by atoms with E-state index in [9.17, 15) is 4.79 Å². The summed E-state index contributed by atoms with van der Waals surface area (Å²) in [5.41, 5.74) is 0. The minimum atomic E-state index is -0.0550. The molecule has 0 unspecified atom stereocenters. The molecule has 0 heterocycles. The number of rotatable bonds is 7. The summed E-state index contributed by atoms with van der Waals surface area (Å²) in [5.74, 6) is -0.0550. The van der Waals surface area contributed by atoms with Crippen molar-refractivity contribution in [3.63, 3.8) is 0 Å². The van der Waals surface area contributed by atoms with Crippen LogP contribution in [0.5, 0.6) is 0 Å². The number of nitrogens with one attached hydrogen (secondary N) is 1. The van der Waals surface area contributed by atoms with Crippen LogP contribution in [0.25, 0.3) is 0 Å². The van der Waals surface area contributed by atoms with E-state index < -0.39 is 0 Å². The van der Waals surface area contributed by atoms with Crippen LogP contribution in [0.3, 0.4) is 0 Å². The fraction of sp³-hybridized carbons (Fsp3) is 0.833. The Hall–Kier alpha value is -1.12. The topological polar surface area (TPSA) is 76.4 Å². The molecule has 96 valence electrons. The summed E-state index contributed by atoms with van der Waals surface area (Å²) in [4.78, 5) is 13.7. The van der Waals surface area contributed by atoms with Gasteiger partial charge in [0.05, 0.1) is 25.6 Å². The lowest BCUT2D eigenvalue weighted by Gasteiger charge is -2.27.